The molecule has 1 heterocycles. The zero-order chi connectivity index (χ0) is 17.8. The highest BCUT2D eigenvalue weighted by Crippen LogP contribution is 2.16. The van der Waals surface area contributed by atoms with Crippen molar-refractivity contribution in [2.24, 2.45) is 0 Å². The van der Waals surface area contributed by atoms with E-state index in [1.165, 1.54) is 0 Å². The summed E-state index contributed by atoms with van der Waals surface area (Å²) in [6.07, 6.45) is 0.736. The van der Waals surface area contributed by atoms with Crippen LogP contribution in [-0.4, -0.2) is 47.8 Å². The normalized spacial score (nSPS) is 14.9. The van der Waals surface area contributed by atoms with Crippen LogP contribution in [0.15, 0.2) is 48.5 Å². The second kappa shape index (κ2) is 7.57. The van der Waals surface area contributed by atoms with E-state index in [2.05, 4.69) is 0 Å². The molecular formula is C19H20ClN3O2. The van der Waals surface area contributed by atoms with Crippen LogP contribution in [0.5, 0.6) is 0 Å². The predicted octanol–water partition coefficient (Wildman–Crippen LogP) is 2.91. The number of nitrogen functional groups attached to an aromatic ring is 1. The summed E-state index contributed by atoms with van der Waals surface area (Å²) >= 11 is 5.97. The molecule has 3 rings (SSSR count). The molecule has 2 aromatic carbocycles. The van der Waals surface area contributed by atoms with Crippen molar-refractivity contribution in [2.45, 2.75) is 6.42 Å². The van der Waals surface area contributed by atoms with E-state index in [1.54, 1.807) is 58.3 Å². The Morgan fingerprint density at radius 2 is 1.40 bits per heavy atom. The number of nitrogens with two attached hydrogens (primary N) is 1. The van der Waals surface area contributed by atoms with Crippen molar-refractivity contribution >= 4 is 29.1 Å². The molecule has 0 unspecified atom stereocenters. The third-order valence-electron chi connectivity index (χ3n) is 4.28. The minimum atomic E-state index is -0.0549. The number of carbonyl (C=O) groups is 2. The summed E-state index contributed by atoms with van der Waals surface area (Å²) in [5.74, 6) is -0.106. The largest absolute Gasteiger partial charge is 0.399 e. The molecule has 130 valence electrons. The van der Waals surface area contributed by atoms with E-state index in [4.69, 9.17) is 17.3 Å². The van der Waals surface area contributed by atoms with Crippen molar-refractivity contribution in [2.75, 3.05) is 31.9 Å². The molecule has 2 N–H and O–H groups in total. The monoisotopic (exact) mass is 357 g/mol. The van der Waals surface area contributed by atoms with Gasteiger partial charge in [-0.3, -0.25) is 9.59 Å². The molecular weight excluding hydrogens is 338 g/mol. The van der Waals surface area contributed by atoms with Gasteiger partial charge in [0.15, 0.2) is 0 Å². The van der Waals surface area contributed by atoms with Crippen LogP contribution in [0.2, 0.25) is 5.02 Å². The van der Waals surface area contributed by atoms with Crippen molar-refractivity contribution in [3.63, 3.8) is 0 Å². The number of hydrogen-bond acceptors (Lipinski definition) is 3. The number of halogens is 1. The van der Waals surface area contributed by atoms with Crippen LogP contribution in [0.1, 0.15) is 27.1 Å². The van der Waals surface area contributed by atoms with E-state index in [9.17, 15) is 9.59 Å². The summed E-state index contributed by atoms with van der Waals surface area (Å²) in [4.78, 5) is 28.8. The van der Waals surface area contributed by atoms with Crippen molar-refractivity contribution in [1.82, 2.24) is 9.80 Å². The van der Waals surface area contributed by atoms with Gasteiger partial charge in [0, 0.05) is 48.0 Å². The molecule has 1 fully saturated rings. The molecule has 0 radical (unpaired) electrons. The molecule has 1 aliphatic heterocycles. The Hall–Kier alpha value is -2.53. The molecule has 2 amide bonds. The molecule has 0 saturated carbocycles. The minimum absolute atomic E-state index is 0.0515. The molecule has 0 spiro atoms. The van der Waals surface area contributed by atoms with Gasteiger partial charge < -0.3 is 15.5 Å². The van der Waals surface area contributed by atoms with Crippen LogP contribution >= 0.6 is 11.6 Å². The van der Waals surface area contributed by atoms with Crippen molar-refractivity contribution in [1.29, 1.82) is 0 Å². The Morgan fingerprint density at radius 3 is 1.96 bits per heavy atom. The summed E-state index contributed by atoms with van der Waals surface area (Å²) in [5, 5.41) is 0.541. The quantitative estimate of drug-likeness (QED) is 0.840. The number of hydrogen-bond donors (Lipinski definition) is 1. The summed E-state index contributed by atoms with van der Waals surface area (Å²) in [7, 11) is 0. The molecule has 0 aliphatic carbocycles. The first kappa shape index (κ1) is 17.3. The molecule has 1 aliphatic rings. The highest BCUT2D eigenvalue weighted by Gasteiger charge is 2.23. The van der Waals surface area contributed by atoms with E-state index < -0.39 is 0 Å². The van der Waals surface area contributed by atoms with Crippen LogP contribution in [0, 0.1) is 0 Å². The molecule has 25 heavy (non-hydrogen) atoms. The Bertz CT molecular complexity index is 728. The summed E-state index contributed by atoms with van der Waals surface area (Å²) in [5.41, 5.74) is 7.48. The number of amides is 2. The van der Waals surface area contributed by atoms with Gasteiger partial charge >= 0.3 is 0 Å². The Labute approximate surface area is 152 Å². The molecule has 0 bridgehead atoms. The van der Waals surface area contributed by atoms with Gasteiger partial charge in [0.05, 0.1) is 0 Å². The van der Waals surface area contributed by atoms with Gasteiger partial charge in [-0.1, -0.05) is 23.7 Å². The maximum absolute atomic E-state index is 12.6. The van der Waals surface area contributed by atoms with Gasteiger partial charge in [-0.15, -0.1) is 0 Å². The Kier molecular flexibility index (Phi) is 5.24. The number of rotatable bonds is 2. The molecule has 5 nitrogen and oxygen atoms in total. The van der Waals surface area contributed by atoms with Gasteiger partial charge in [-0.25, -0.2) is 0 Å². The molecule has 1 saturated heterocycles. The lowest BCUT2D eigenvalue weighted by molar-refractivity contribution is 0.0719. The Balaban J connectivity index is 1.68. The highest BCUT2D eigenvalue weighted by molar-refractivity contribution is 6.30. The Morgan fingerprint density at radius 1 is 0.840 bits per heavy atom. The fourth-order valence-electron chi connectivity index (χ4n) is 2.98. The minimum Gasteiger partial charge on any atom is -0.399 e. The number of anilines is 1. The van der Waals surface area contributed by atoms with Gasteiger partial charge in [0.1, 0.15) is 0 Å². The predicted molar refractivity (Wildman–Crippen MR) is 98.7 cm³/mol. The number of carbonyl (C=O) groups excluding carboxylic acids is 2. The molecule has 0 atom stereocenters. The first-order valence-corrected chi connectivity index (χ1v) is 8.62. The van der Waals surface area contributed by atoms with Crippen molar-refractivity contribution in [3.05, 3.63) is 64.7 Å². The van der Waals surface area contributed by atoms with Crippen LogP contribution < -0.4 is 5.73 Å². The number of nitrogens with zero attached hydrogens (tertiary/aromatic N) is 2. The maximum atomic E-state index is 12.6. The topological polar surface area (TPSA) is 66.6 Å². The van der Waals surface area contributed by atoms with Crippen LogP contribution in [0.25, 0.3) is 0 Å². The van der Waals surface area contributed by atoms with E-state index in [0.717, 1.165) is 6.42 Å². The lowest BCUT2D eigenvalue weighted by Gasteiger charge is -2.22. The van der Waals surface area contributed by atoms with Gasteiger partial charge in [0.25, 0.3) is 11.8 Å². The fraction of sp³-hybridized carbons (Fsp3) is 0.263. The highest BCUT2D eigenvalue weighted by atomic mass is 35.5. The van der Waals surface area contributed by atoms with Crippen LogP contribution in [0.4, 0.5) is 5.69 Å². The first-order chi connectivity index (χ1) is 12.0. The first-order valence-electron chi connectivity index (χ1n) is 8.24. The van der Waals surface area contributed by atoms with Crippen LogP contribution in [-0.2, 0) is 0 Å². The van der Waals surface area contributed by atoms with Crippen molar-refractivity contribution < 1.29 is 9.59 Å². The van der Waals surface area contributed by atoms with Crippen LogP contribution in [0.3, 0.4) is 0 Å². The SMILES string of the molecule is Nc1cccc(C(=O)N2CCCN(C(=O)c3cccc(Cl)c3)CC2)c1. The standard InChI is InChI=1S/C19H20ClN3O2/c20-16-6-1-4-14(12-16)18(24)22-8-3-9-23(11-10-22)19(25)15-5-2-7-17(21)13-15/h1-2,4-7,12-13H,3,8-11,21H2. The van der Waals surface area contributed by atoms with E-state index in [1.807, 2.05) is 0 Å². The second-order valence-electron chi connectivity index (χ2n) is 6.07. The fourth-order valence-corrected chi connectivity index (χ4v) is 3.17. The van der Waals surface area contributed by atoms with Gasteiger partial charge in [-0.05, 0) is 42.8 Å². The zero-order valence-electron chi connectivity index (χ0n) is 13.8. The molecule has 0 aromatic heterocycles. The average molecular weight is 358 g/mol. The third-order valence-corrected chi connectivity index (χ3v) is 4.51. The third kappa shape index (κ3) is 4.12. The summed E-state index contributed by atoms with van der Waals surface area (Å²) < 4.78 is 0. The van der Waals surface area contributed by atoms with Gasteiger partial charge in [0.2, 0.25) is 0 Å². The average Bonchev–Trinajstić information content (AvgIpc) is 2.86. The smallest absolute Gasteiger partial charge is 0.253 e. The van der Waals surface area contributed by atoms with Crippen molar-refractivity contribution in [3.8, 4) is 0 Å². The lowest BCUT2D eigenvalue weighted by Crippen LogP contribution is -2.37. The zero-order valence-corrected chi connectivity index (χ0v) is 14.6. The molecule has 6 heteroatoms. The second-order valence-corrected chi connectivity index (χ2v) is 6.51. The summed E-state index contributed by atoms with van der Waals surface area (Å²) in [6, 6.07) is 13.9. The summed E-state index contributed by atoms with van der Waals surface area (Å²) in [6.45, 7) is 2.23. The lowest BCUT2D eigenvalue weighted by atomic mass is 10.1. The van der Waals surface area contributed by atoms with Gasteiger partial charge in [-0.2, -0.15) is 0 Å². The van der Waals surface area contributed by atoms with E-state index >= 15 is 0 Å². The molecule has 2 aromatic rings. The number of benzene rings is 2. The van der Waals surface area contributed by atoms with E-state index in [0.29, 0.717) is 48.0 Å². The maximum Gasteiger partial charge on any atom is 0.253 e. The van der Waals surface area contributed by atoms with E-state index in [-0.39, 0.29) is 11.8 Å².